The molecule has 2 N–H and O–H groups in total. The second-order valence-electron chi connectivity index (χ2n) is 6.32. The molecule has 1 aliphatic heterocycles. The van der Waals surface area contributed by atoms with Gasteiger partial charge in [0.1, 0.15) is 5.75 Å². The van der Waals surface area contributed by atoms with E-state index in [-0.39, 0.29) is 5.91 Å². The van der Waals surface area contributed by atoms with Gasteiger partial charge in [0, 0.05) is 16.9 Å². The minimum absolute atomic E-state index is 0.0598. The maximum Gasteiger partial charge on any atom is 0.226 e. The van der Waals surface area contributed by atoms with E-state index in [9.17, 15) is 4.79 Å². The predicted octanol–water partition coefficient (Wildman–Crippen LogP) is 3.71. The van der Waals surface area contributed by atoms with E-state index < -0.39 is 0 Å². The molecule has 1 aliphatic rings. The van der Waals surface area contributed by atoms with Crippen molar-refractivity contribution in [3.8, 4) is 17.0 Å². The molecular weight excluding hydrogens is 334 g/mol. The molecule has 3 rings (SSSR count). The Balaban J connectivity index is 1.65. The Hall–Kier alpha value is -1.92. The van der Waals surface area contributed by atoms with E-state index in [0.29, 0.717) is 17.5 Å². The number of aryl methyl sites for hydroxylation is 1. The average molecular weight is 359 g/mol. The first kappa shape index (κ1) is 17.9. The number of benzene rings is 1. The first-order valence-electron chi connectivity index (χ1n) is 8.84. The van der Waals surface area contributed by atoms with Gasteiger partial charge in [0.25, 0.3) is 0 Å². The highest BCUT2D eigenvalue weighted by molar-refractivity contribution is 7.16. The third kappa shape index (κ3) is 4.58. The number of nitrogens with one attached hydrogen (secondary N) is 2. The molecule has 2 heterocycles. The van der Waals surface area contributed by atoms with Gasteiger partial charge in [0.15, 0.2) is 5.13 Å². The molecule has 1 aromatic carbocycles. The summed E-state index contributed by atoms with van der Waals surface area (Å²) in [5.41, 5.74) is 2.00. The fourth-order valence-corrected chi connectivity index (χ4v) is 4.04. The topological polar surface area (TPSA) is 63.2 Å². The second kappa shape index (κ2) is 8.45. The van der Waals surface area contributed by atoms with Crippen LogP contribution in [0.1, 0.15) is 31.1 Å². The number of thiazole rings is 1. The van der Waals surface area contributed by atoms with E-state index in [0.717, 1.165) is 42.9 Å². The van der Waals surface area contributed by atoms with E-state index in [1.54, 1.807) is 18.4 Å². The van der Waals surface area contributed by atoms with Crippen LogP contribution in [0, 0.1) is 5.92 Å². The number of hydrogen-bond acceptors (Lipinski definition) is 5. The van der Waals surface area contributed by atoms with Crippen molar-refractivity contribution in [3.05, 3.63) is 29.1 Å². The largest absolute Gasteiger partial charge is 0.497 e. The van der Waals surface area contributed by atoms with Crippen molar-refractivity contribution >= 4 is 22.4 Å². The van der Waals surface area contributed by atoms with Gasteiger partial charge in [-0.1, -0.05) is 6.92 Å². The van der Waals surface area contributed by atoms with E-state index in [1.165, 1.54) is 11.3 Å². The van der Waals surface area contributed by atoms with Crippen LogP contribution in [0.25, 0.3) is 11.3 Å². The van der Waals surface area contributed by atoms with Gasteiger partial charge in [-0.25, -0.2) is 4.98 Å². The van der Waals surface area contributed by atoms with Gasteiger partial charge in [-0.15, -0.1) is 11.3 Å². The van der Waals surface area contributed by atoms with E-state index >= 15 is 0 Å². The van der Waals surface area contributed by atoms with Crippen LogP contribution < -0.4 is 15.4 Å². The Bertz CT molecular complexity index is 706. The zero-order valence-corrected chi connectivity index (χ0v) is 15.6. The predicted molar refractivity (Wildman–Crippen MR) is 102 cm³/mol. The van der Waals surface area contributed by atoms with Crippen molar-refractivity contribution in [2.75, 3.05) is 25.5 Å². The Morgan fingerprint density at radius 3 is 2.84 bits per heavy atom. The van der Waals surface area contributed by atoms with Crippen LogP contribution in [-0.2, 0) is 11.2 Å². The summed E-state index contributed by atoms with van der Waals surface area (Å²) in [6.45, 7) is 4.22. The number of amides is 1. The summed E-state index contributed by atoms with van der Waals surface area (Å²) in [5.74, 6) is 1.51. The van der Waals surface area contributed by atoms with Gasteiger partial charge in [0.05, 0.1) is 12.8 Å². The standard InChI is InChI=1S/C19H25N3O2S/c1-3-16-18(14-5-7-15(24-2)8-6-14)22-19(25-16)21-17(23)9-4-13-10-11-20-12-13/h5-8,13,20H,3-4,9-12H2,1-2H3,(H,21,22,23). The maximum atomic E-state index is 12.2. The number of carbonyl (C=O) groups excluding carboxylic acids is 1. The van der Waals surface area contributed by atoms with Gasteiger partial charge >= 0.3 is 0 Å². The normalized spacial score (nSPS) is 16.8. The minimum atomic E-state index is 0.0598. The lowest BCUT2D eigenvalue weighted by atomic mass is 10.0. The lowest BCUT2D eigenvalue weighted by molar-refractivity contribution is -0.116. The number of methoxy groups -OCH3 is 1. The van der Waals surface area contributed by atoms with Crippen LogP contribution in [0.5, 0.6) is 5.75 Å². The van der Waals surface area contributed by atoms with Crippen molar-refractivity contribution in [1.82, 2.24) is 10.3 Å². The zero-order chi connectivity index (χ0) is 17.6. The number of carbonyl (C=O) groups is 1. The van der Waals surface area contributed by atoms with Gasteiger partial charge in [-0.05, 0) is 62.5 Å². The van der Waals surface area contributed by atoms with Gasteiger partial charge in [-0.2, -0.15) is 0 Å². The summed E-state index contributed by atoms with van der Waals surface area (Å²) in [6, 6.07) is 7.88. The Labute approximate surface area is 152 Å². The minimum Gasteiger partial charge on any atom is -0.497 e. The third-order valence-corrected chi connectivity index (χ3v) is 5.69. The van der Waals surface area contributed by atoms with Crippen molar-refractivity contribution in [3.63, 3.8) is 0 Å². The second-order valence-corrected chi connectivity index (χ2v) is 7.40. The molecule has 0 aliphatic carbocycles. The molecule has 1 aromatic heterocycles. The lowest BCUT2D eigenvalue weighted by Gasteiger charge is -2.07. The van der Waals surface area contributed by atoms with Crippen LogP contribution in [0.2, 0.25) is 0 Å². The summed E-state index contributed by atoms with van der Waals surface area (Å²) in [5, 5.41) is 7.01. The van der Waals surface area contributed by atoms with Crippen LogP contribution in [0.15, 0.2) is 24.3 Å². The molecule has 1 saturated heterocycles. The monoisotopic (exact) mass is 359 g/mol. The fraction of sp³-hybridized carbons (Fsp3) is 0.474. The summed E-state index contributed by atoms with van der Waals surface area (Å²) in [4.78, 5) is 18.1. The molecule has 1 amide bonds. The molecule has 2 aromatic rings. The SMILES string of the molecule is CCc1sc(NC(=O)CCC2CCNC2)nc1-c1ccc(OC)cc1. The fourth-order valence-electron chi connectivity index (χ4n) is 3.10. The van der Waals surface area contributed by atoms with E-state index in [1.807, 2.05) is 24.3 Å². The average Bonchev–Trinajstić information content (AvgIpc) is 3.29. The number of aromatic nitrogens is 1. The van der Waals surface area contributed by atoms with Crippen LogP contribution in [0.3, 0.4) is 0 Å². The molecule has 1 atom stereocenters. The first-order valence-corrected chi connectivity index (χ1v) is 9.66. The lowest BCUT2D eigenvalue weighted by Crippen LogP contribution is -2.14. The molecule has 25 heavy (non-hydrogen) atoms. The highest BCUT2D eigenvalue weighted by atomic mass is 32.1. The third-order valence-electron chi connectivity index (χ3n) is 4.57. The summed E-state index contributed by atoms with van der Waals surface area (Å²) in [7, 11) is 1.66. The molecule has 0 saturated carbocycles. The summed E-state index contributed by atoms with van der Waals surface area (Å²) in [6.07, 6.45) is 3.57. The van der Waals surface area contributed by atoms with Gasteiger partial charge in [0.2, 0.25) is 5.91 Å². The smallest absolute Gasteiger partial charge is 0.226 e. The van der Waals surface area contributed by atoms with Gasteiger partial charge in [-0.3, -0.25) is 4.79 Å². The zero-order valence-electron chi connectivity index (χ0n) is 14.8. The molecule has 5 nitrogen and oxygen atoms in total. The quantitative estimate of drug-likeness (QED) is 0.791. The highest BCUT2D eigenvalue weighted by Crippen LogP contribution is 2.32. The Kier molecular flexibility index (Phi) is 6.04. The number of nitrogens with zero attached hydrogens (tertiary/aromatic N) is 1. The van der Waals surface area contributed by atoms with Crippen LogP contribution >= 0.6 is 11.3 Å². The maximum absolute atomic E-state index is 12.2. The number of anilines is 1. The number of ether oxygens (including phenoxy) is 1. The summed E-state index contributed by atoms with van der Waals surface area (Å²) >= 11 is 1.56. The molecule has 0 spiro atoms. The van der Waals surface area contributed by atoms with Crippen molar-refractivity contribution in [1.29, 1.82) is 0 Å². The van der Waals surface area contributed by atoms with Gasteiger partial charge < -0.3 is 15.4 Å². The van der Waals surface area contributed by atoms with E-state index in [2.05, 4.69) is 22.5 Å². The first-order chi connectivity index (χ1) is 12.2. The molecule has 0 bridgehead atoms. The molecule has 1 fully saturated rings. The highest BCUT2D eigenvalue weighted by Gasteiger charge is 2.17. The molecule has 1 unspecified atom stereocenters. The number of rotatable bonds is 7. The molecule has 134 valence electrons. The van der Waals surface area contributed by atoms with Crippen LogP contribution in [0.4, 0.5) is 5.13 Å². The summed E-state index contributed by atoms with van der Waals surface area (Å²) < 4.78 is 5.21. The Morgan fingerprint density at radius 1 is 1.40 bits per heavy atom. The van der Waals surface area contributed by atoms with Crippen LogP contribution in [-0.4, -0.2) is 31.1 Å². The molecule has 6 heteroatoms. The number of hydrogen-bond donors (Lipinski definition) is 2. The molecular formula is C19H25N3O2S. The van der Waals surface area contributed by atoms with E-state index in [4.69, 9.17) is 4.74 Å². The molecule has 0 radical (unpaired) electrons. The van der Waals surface area contributed by atoms with Crippen molar-refractivity contribution < 1.29 is 9.53 Å². The van der Waals surface area contributed by atoms with Crippen molar-refractivity contribution in [2.45, 2.75) is 32.6 Å². The van der Waals surface area contributed by atoms with Crippen molar-refractivity contribution in [2.24, 2.45) is 5.92 Å². The Morgan fingerprint density at radius 2 is 2.20 bits per heavy atom.